The van der Waals surface area contributed by atoms with Gasteiger partial charge in [-0.2, -0.15) is 0 Å². The molecule has 1 aliphatic heterocycles. The van der Waals surface area contributed by atoms with E-state index in [0.717, 1.165) is 16.4 Å². The summed E-state index contributed by atoms with van der Waals surface area (Å²) in [6.07, 6.45) is 0.450. The van der Waals surface area contributed by atoms with Crippen molar-refractivity contribution in [2.24, 2.45) is 0 Å². The van der Waals surface area contributed by atoms with Crippen LogP contribution in [0.1, 0.15) is 12.8 Å². The molecule has 21 heavy (non-hydrogen) atoms. The molecule has 1 saturated heterocycles. The maximum absolute atomic E-state index is 11.0. The Bertz CT molecular complexity index is 633. The lowest BCUT2D eigenvalue weighted by Gasteiger charge is -2.35. The van der Waals surface area contributed by atoms with Gasteiger partial charge in [-0.1, -0.05) is 30.3 Å². The zero-order chi connectivity index (χ0) is 14.9. The van der Waals surface area contributed by atoms with Crippen LogP contribution >= 0.6 is 11.3 Å². The number of aliphatic carboxylic acids is 1. The van der Waals surface area contributed by atoms with Crippen molar-refractivity contribution < 1.29 is 15.0 Å². The number of anilines is 1. The molecular formula is C15H16N2O3S. The molecule has 1 aromatic carbocycles. The van der Waals surface area contributed by atoms with E-state index < -0.39 is 11.6 Å². The Morgan fingerprint density at radius 1 is 1.24 bits per heavy atom. The molecule has 1 aromatic heterocycles. The van der Waals surface area contributed by atoms with Crippen LogP contribution in [0, 0.1) is 0 Å². The predicted molar refractivity (Wildman–Crippen MR) is 81.6 cm³/mol. The van der Waals surface area contributed by atoms with E-state index in [1.807, 2.05) is 40.6 Å². The number of benzene rings is 1. The second-order valence-electron chi connectivity index (χ2n) is 5.21. The van der Waals surface area contributed by atoms with Crippen LogP contribution in [-0.2, 0) is 4.79 Å². The molecule has 0 radical (unpaired) electrons. The van der Waals surface area contributed by atoms with Crippen LogP contribution in [0.5, 0.6) is 0 Å². The summed E-state index contributed by atoms with van der Waals surface area (Å²) in [5.74, 6) is -1.13. The van der Waals surface area contributed by atoms with Crippen molar-refractivity contribution in [3.05, 3.63) is 35.7 Å². The lowest BCUT2D eigenvalue weighted by Crippen LogP contribution is -2.49. The Balaban J connectivity index is 1.73. The topological polar surface area (TPSA) is 73.7 Å². The Labute approximate surface area is 126 Å². The molecule has 0 saturated carbocycles. The summed E-state index contributed by atoms with van der Waals surface area (Å²) in [6, 6.07) is 9.94. The van der Waals surface area contributed by atoms with Crippen LogP contribution in [0.25, 0.3) is 11.3 Å². The maximum atomic E-state index is 11.0. The predicted octanol–water partition coefficient (Wildman–Crippen LogP) is 2.23. The largest absolute Gasteiger partial charge is 0.479 e. The summed E-state index contributed by atoms with van der Waals surface area (Å²) in [7, 11) is 0. The van der Waals surface area contributed by atoms with Crippen molar-refractivity contribution in [2.45, 2.75) is 18.4 Å². The van der Waals surface area contributed by atoms with Crippen molar-refractivity contribution in [2.75, 3.05) is 18.0 Å². The first-order chi connectivity index (χ1) is 10.1. The fourth-order valence-corrected chi connectivity index (χ4v) is 3.32. The second kappa shape index (κ2) is 5.46. The van der Waals surface area contributed by atoms with Crippen molar-refractivity contribution in [1.29, 1.82) is 0 Å². The van der Waals surface area contributed by atoms with Gasteiger partial charge >= 0.3 is 5.97 Å². The van der Waals surface area contributed by atoms with Gasteiger partial charge in [-0.25, -0.2) is 9.78 Å². The van der Waals surface area contributed by atoms with Gasteiger partial charge in [0, 0.05) is 36.9 Å². The quantitative estimate of drug-likeness (QED) is 0.909. The normalized spacial score (nSPS) is 17.7. The molecule has 2 heterocycles. The van der Waals surface area contributed by atoms with E-state index in [1.165, 1.54) is 0 Å². The van der Waals surface area contributed by atoms with Crippen molar-refractivity contribution in [3.8, 4) is 11.3 Å². The Morgan fingerprint density at radius 3 is 2.52 bits per heavy atom. The molecule has 1 aliphatic rings. The van der Waals surface area contributed by atoms with Crippen molar-refractivity contribution in [3.63, 3.8) is 0 Å². The number of carboxylic acids is 1. The number of carbonyl (C=O) groups is 1. The number of carboxylic acid groups (broad SMARTS) is 1. The van der Waals surface area contributed by atoms with Gasteiger partial charge in [-0.3, -0.25) is 0 Å². The zero-order valence-corrected chi connectivity index (χ0v) is 12.2. The number of piperidine rings is 1. The number of hydrogen-bond acceptors (Lipinski definition) is 5. The van der Waals surface area contributed by atoms with Gasteiger partial charge in [0.25, 0.3) is 0 Å². The third-order valence-corrected chi connectivity index (χ3v) is 4.72. The first kappa shape index (κ1) is 14.0. The summed E-state index contributed by atoms with van der Waals surface area (Å²) >= 11 is 1.55. The minimum Gasteiger partial charge on any atom is -0.479 e. The fourth-order valence-electron chi connectivity index (χ4n) is 2.43. The Kier molecular flexibility index (Phi) is 3.65. The number of hydrogen-bond donors (Lipinski definition) is 2. The van der Waals surface area contributed by atoms with E-state index >= 15 is 0 Å². The summed E-state index contributed by atoms with van der Waals surface area (Å²) in [5.41, 5.74) is 0.407. The third kappa shape index (κ3) is 2.77. The van der Waals surface area contributed by atoms with E-state index in [9.17, 15) is 9.90 Å². The van der Waals surface area contributed by atoms with E-state index in [1.54, 1.807) is 11.3 Å². The van der Waals surface area contributed by atoms with E-state index in [2.05, 4.69) is 4.98 Å². The molecule has 0 spiro atoms. The highest BCUT2D eigenvalue weighted by Gasteiger charge is 2.39. The summed E-state index contributed by atoms with van der Waals surface area (Å²) < 4.78 is 0. The molecule has 6 heteroatoms. The molecule has 110 valence electrons. The molecule has 0 aliphatic carbocycles. The highest BCUT2D eigenvalue weighted by Crippen LogP contribution is 2.31. The van der Waals surface area contributed by atoms with Gasteiger partial charge in [0.15, 0.2) is 10.7 Å². The summed E-state index contributed by atoms with van der Waals surface area (Å²) in [4.78, 5) is 17.7. The monoisotopic (exact) mass is 304 g/mol. The minimum absolute atomic E-state index is 0.225. The van der Waals surface area contributed by atoms with Gasteiger partial charge in [0.2, 0.25) is 0 Å². The Hall–Kier alpha value is -1.92. The number of aromatic nitrogens is 1. The highest BCUT2D eigenvalue weighted by molar-refractivity contribution is 7.14. The summed E-state index contributed by atoms with van der Waals surface area (Å²) in [5, 5.41) is 21.9. The number of nitrogens with zero attached hydrogens (tertiary/aromatic N) is 2. The summed E-state index contributed by atoms with van der Waals surface area (Å²) in [6.45, 7) is 1.01. The van der Waals surface area contributed by atoms with Gasteiger partial charge in [-0.15, -0.1) is 11.3 Å². The molecule has 1 fully saturated rings. The van der Waals surface area contributed by atoms with Crippen LogP contribution in [0.4, 0.5) is 5.13 Å². The molecule has 0 amide bonds. The Morgan fingerprint density at radius 2 is 1.90 bits per heavy atom. The molecule has 0 unspecified atom stereocenters. The van der Waals surface area contributed by atoms with Crippen LogP contribution < -0.4 is 4.90 Å². The van der Waals surface area contributed by atoms with Gasteiger partial charge in [0.05, 0.1) is 5.69 Å². The van der Waals surface area contributed by atoms with Gasteiger partial charge in [-0.05, 0) is 0 Å². The molecule has 2 aromatic rings. The van der Waals surface area contributed by atoms with Crippen LogP contribution in [0.15, 0.2) is 35.7 Å². The standard InChI is InChI=1S/C15H16N2O3S/c18-13(19)15(20)6-8-17(9-7-15)14-16-12(10-21-14)11-4-2-1-3-5-11/h1-5,10,20H,6-9H2,(H,18,19). The maximum Gasteiger partial charge on any atom is 0.335 e. The average Bonchev–Trinajstić information content (AvgIpc) is 2.98. The molecule has 0 atom stereocenters. The SMILES string of the molecule is O=C(O)C1(O)CCN(c2nc(-c3ccccc3)cs2)CC1. The van der Waals surface area contributed by atoms with E-state index in [-0.39, 0.29) is 12.8 Å². The average molecular weight is 304 g/mol. The highest BCUT2D eigenvalue weighted by atomic mass is 32.1. The molecule has 0 bridgehead atoms. The fraction of sp³-hybridized carbons (Fsp3) is 0.333. The number of aliphatic hydroxyl groups is 1. The first-order valence-electron chi connectivity index (χ1n) is 6.80. The number of rotatable bonds is 3. The van der Waals surface area contributed by atoms with Crippen molar-refractivity contribution >= 4 is 22.4 Å². The lowest BCUT2D eigenvalue weighted by atomic mass is 9.92. The number of thiazole rings is 1. The van der Waals surface area contributed by atoms with Crippen LogP contribution in [0.2, 0.25) is 0 Å². The van der Waals surface area contributed by atoms with Crippen LogP contribution in [0.3, 0.4) is 0 Å². The zero-order valence-electron chi connectivity index (χ0n) is 11.4. The van der Waals surface area contributed by atoms with Gasteiger partial charge in [0.1, 0.15) is 0 Å². The van der Waals surface area contributed by atoms with Crippen LogP contribution in [-0.4, -0.2) is 39.9 Å². The lowest BCUT2D eigenvalue weighted by molar-refractivity contribution is -0.160. The van der Waals surface area contributed by atoms with Crippen molar-refractivity contribution in [1.82, 2.24) is 4.98 Å². The molecule has 5 nitrogen and oxygen atoms in total. The first-order valence-corrected chi connectivity index (χ1v) is 7.68. The molecule has 3 rings (SSSR count). The second-order valence-corrected chi connectivity index (χ2v) is 6.04. The molecular weight excluding hydrogens is 288 g/mol. The minimum atomic E-state index is -1.59. The van der Waals surface area contributed by atoms with E-state index in [4.69, 9.17) is 5.11 Å². The third-order valence-electron chi connectivity index (χ3n) is 3.82. The van der Waals surface area contributed by atoms with E-state index in [0.29, 0.717) is 13.1 Å². The van der Waals surface area contributed by atoms with Gasteiger partial charge < -0.3 is 15.1 Å². The smallest absolute Gasteiger partial charge is 0.335 e. The molecule has 2 N–H and O–H groups in total.